The van der Waals surface area contributed by atoms with Gasteiger partial charge in [0, 0.05) is 11.3 Å². The standard InChI is InChI=1S/C11H8F3NO2/c12-11(13,14)9-6-8(15)5-4-7(9)2-1-3-10(16)17/h4-6H,3,15H2,(H,16,17). The van der Waals surface area contributed by atoms with Gasteiger partial charge in [-0.05, 0) is 18.2 Å². The van der Waals surface area contributed by atoms with E-state index in [1.165, 1.54) is 6.07 Å². The van der Waals surface area contributed by atoms with Crippen LogP contribution >= 0.6 is 0 Å². The third-order valence-corrected chi connectivity index (χ3v) is 1.81. The number of hydrogen-bond acceptors (Lipinski definition) is 2. The predicted octanol–water partition coefficient (Wildman–Crippen LogP) is 2.11. The van der Waals surface area contributed by atoms with Crippen LogP contribution in [0.5, 0.6) is 0 Å². The van der Waals surface area contributed by atoms with Crippen molar-refractivity contribution in [2.75, 3.05) is 5.73 Å². The van der Waals surface area contributed by atoms with Crippen molar-refractivity contribution in [2.24, 2.45) is 0 Å². The van der Waals surface area contributed by atoms with Gasteiger partial charge in [0.05, 0.1) is 5.56 Å². The van der Waals surface area contributed by atoms with Crippen molar-refractivity contribution in [3.63, 3.8) is 0 Å². The molecule has 1 aromatic rings. The fraction of sp³-hybridized carbons (Fsp3) is 0.182. The minimum atomic E-state index is -4.57. The molecule has 3 nitrogen and oxygen atoms in total. The van der Waals surface area contributed by atoms with Crippen LogP contribution in [0.3, 0.4) is 0 Å². The molecule has 0 heterocycles. The molecule has 0 saturated heterocycles. The number of anilines is 1. The first-order chi connectivity index (χ1) is 7.80. The first-order valence-electron chi connectivity index (χ1n) is 4.48. The smallest absolute Gasteiger partial charge is 0.417 e. The van der Waals surface area contributed by atoms with Gasteiger partial charge in [-0.25, -0.2) is 0 Å². The summed E-state index contributed by atoms with van der Waals surface area (Å²) in [6, 6.07) is 3.16. The lowest BCUT2D eigenvalue weighted by Gasteiger charge is -2.09. The molecule has 0 saturated carbocycles. The molecular formula is C11H8F3NO2. The highest BCUT2D eigenvalue weighted by atomic mass is 19.4. The van der Waals surface area contributed by atoms with Crippen molar-refractivity contribution in [3.8, 4) is 11.8 Å². The van der Waals surface area contributed by atoms with Crippen molar-refractivity contribution < 1.29 is 23.1 Å². The van der Waals surface area contributed by atoms with E-state index in [1.54, 1.807) is 0 Å². The molecule has 1 aromatic carbocycles. The Morgan fingerprint density at radius 2 is 2.06 bits per heavy atom. The van der Waals surface area contributed by atoms with E-state index in [1.807, 2.05) is 0 Å². The number of aliphatic carboxylic acids is 1. The molecule has 0 spiro atoms. The van der Waals surface area contributed by atoms with Crippen LogP contribution in [-0.4, -0.2) is 11.1 Å². The van der Waals surface area contributed by atoms with Crippen molar-refractivity contribution in [1.29, 1.82) is 0 Å². The Kier molecular flexibility index (Phi) is 3.63. The quantitative estimate of drug-likeness (QED) is 0.586. The molecule has 17 heavy (non-hydrogen) atoms. The summed E-state index contributed by atoms with van der Waals surface area (Å²) in [5, 5.41) is 8.32. The van der Waals surface area contributed by atoms with Gasteiger partial charge >= 0.3 is 12.1 Å². The highest BCUT2D eigenvalue weighted by Crippen LogP contribution is 2.32. The van der Waals surface area contributed by atoms with E-state index < -0.39 is 24.1 Å². The van der Waals surface area contributed by atoms with Crippen LogP contribution in [0.4, 0.5) is 18.9 Å². The predicted molar refractivity (Wildman–Crippen MR) is 55.0 cm³/mol. The first-order valence-corrected chi connectivity index (χ1v) is 4.48. The summed E-state index contributed by atoms with van der Waals surface area (Å²) in [5.41, 5.74) is 3.99. The van der Waals surface area contributed by atoms with Crippen LogP contribution in [0, 0.1) is 11.8 Å². The molecule has 0 aliphatic carbocycles. The van der Waals surface area contributed by atoms with E-state index in [0.717, 1.165) is 12.1 Å². The lowest BCUT2D eigenvalue weighted by molar-refractivity contribution is -0.138. The summed E-state index contributed by atoms with van der Waals surface area (Å²) in [5.74, 6) is 3.12. The highest BCUT2D eigenvalue weighted by molar-refractivity contribution is 5.70. The first kappa shape index (κ1) is 12.9. The summed E-state index contributed by atoms with van der Waals surface area (Å²) in [6.45, 7) is 0. The fourth-order valence-electron chi connectivity index (χ4n) is 1.12. The van der Waals surface area contributed by atoms with Crippen molar-refractivity contribution >= 4 is 11.7 Å². The SMILES string of the molecule is Nc1ccc(C#CCC(=O)O)c(C(F)(F)F)c1. The Balaban J connectivity index is 3.14. The molecule has 1 rings (SSSR count). The topological polar surface area (TPSA) is 63.3 Å². The molecule has 0 aliphatic rings. The fourth-order valence-corrected chi connectivity index (χ4v) is 1.12. The molecule has 0 radical (unpaired) electrons. The van der Waals surface area contributed by atoms with Gasteiger partial charge in [-0.3, -0.25) is 4.79 Å². The van der Waals surface area contributed by atoms with E-state index in [9.17, 15) is 18.0 Å². The minimum absolute atomic E-state index is 0.0268. The molecule has 6 heteroatoms. The van der Waals surface area contributed by atoms with Gasteiger partial charge in [0.25, 0.3) is 0 Å². The van der Waals surface area contributed by atoms with Crippen molar-refractivity contribution in [1.82, 2.24) is 0 Å². The van der Waals surface area contributed by atoms with Crippen LogP contribution in [0.25, 0.3) is 0 Å². The number of nitrogens with two attached hydrogens (primary N) is 1. The zero-order valence-corrected chi connectivity index (χ0v) is 8.51. The van der Waals surface area contributed by atoms with Gasteiger partial charge in [0.2, 0.25) is 0 Å². The second-order valence-corrected chi connectivity index (χ2v) is 3.18. The number of carbonyl (C=O) groups is 1. The Bertz CT molecular complexity index is 498. The summed E-state index contributed by atoms with van der Waals surface area (Å²) in [4.78, 5) is 10.2. The molecule has 0 atom stereocenters. The average molecular weight is 243 g/mol. The van der Waals surface area contributed by atoms with Gasteiger partial charge in [-0.1, -0.05) is 11.8 Å². The zero-order valence-electron chi connectivity index (χ0n) is 8.51. The highest BCUT2D eigenvalue weighted by Gasteiger charge is 2.33. The summed E-state index contributed by atoms with van der Waals surface area (Å²) >= 11 is 0. The number of hydrogen-bond donors (Lipinski definition) is 2. The van der Waals surface area contributed by atoms with E-state index in [4.69, 9.17) is 10.8 Å². The number of carboxylic acid groups (broad SMARTS) is 1. The van der Waals surface area contributed by atoms with Gasteiger partial charge < -0.3 is 10.8 Å². The summed E-state index contributed by atoms with van der Waals surface area (Å²) in [6.07, 6.45) is -5.08. The van der Waals surface area contributed by atoms with Crippen LogP contribution in [-0.2, 0) is 11.0 Å². The van der Waals surface area contributed by atoms with Crippen LogP contribution in [0.1, 0.15) is 17.5 Å². The van der Waals surface area contributed by atoms with E-state index in [2.05, 4.69) is 11.8 Å². The van der Waals surface area contributed by atoms with E-state index in [0.29, 0.717) is 0 Å². The Labute approximate surface area is 95.0 Å². The van der Waals surface area contributed by atoms with Crippen molar-refractivity contribution in [3.05, 3.63) is 29.3 Å². The van der Waals surface area contributed by atoms with Crippen LogP contribution in [0.2, 0.25) is 0 Å². The van der Waals surface area contributed by atoms with Gasteiger partial charge in [0.15, 0.2) is 0 Å². The van der Waals surface area contributed by atoms with Gasteiger partial charge in [-0.2, -0.15) is 13.2 Å². The molecule has 0 unspecified atom stereocenters. The maximum absolute atomic E-state index is 12.6. The molecular weight excluding hydrogens is 235 g/mol. The summed E-state index contributed by atoms with van der Waals surface area (Å²) < 4.78 is 37.7. The molecule has 90 valence electrons. The summed E-state index contributed by atoms with van der Waals surface area (Å²) in [7, 11) is 0. The monoisotopic (exact) mass is 243 g/mol. The number of alkyl halides is 3. The molecule has 0 aromatic heterocycles. The number of carboxylic acids is 1. The van der Waals surface area contributed by atoms with E-state index >= 15 is 0 Å². The Morgan fingerprint density at radius 3 is 2.59 bits per heavy atom. The Hall–Kier alpha value is -2.16. The second kappa shape index (κ2) is 4.78. The molecule has 0 aliphatic heterocycles. The number of benzene rings is 1. The number of halogens is 3. The molecule has 3 N–H and O–H groups in total. The van der Waals surface area contributed by atoms with E-state index in [-0.39, 0.29) is 11.3 Å². The lowest BCUT2D eigenvalue weighted by atomic mass is 10.1. The maximum Gasteiger partial charge on any atom is 0.417 e. The normalized spacial score (nSPS) is 10.5. The van der Waals surface area contributed by atoms with Gasteiger partial charge in [-0.15, -0.1) is 0 Å². The third kappa shape index (κ3) is 3.72. The second-order valence-electron chi connectivity index (χ2n) is 3.18. The maximum atomic E-state index is 12.6. The van der Waals surface area contributed by atoms with Crippen molar-refractivity contribution in [2.45, 2.75) is 12.6 Å². The third-order valence-electron chi connectivity index (χ3n) is 1.81. The molecule has 0 fully saturated rings. The number of nitrogen functional groups attached to an aromatic ring is 1. The van der Waals surface area contributed by atoms with Crippen LogP contribution in [0.15, 0.2) is 18.2 Å². The zero-order chi connectivity index (χ0) is 13.1. The number of rotatable bonds is 1. The Morgan fingerprint density at radius 1 is 1.41 bits per heavy atom. The molecule has 0 bridgehead atoms. The molecule has 0 amide bonds. The van der Waals surface area contributed by atoms with Gasteiger partial charge in [0.1, 0.15) is 6.42 Å². The largest absolute Gasteiger partial charge is 0.481 e. The lowest BCUT2D eigenvalue weighted by Crippen LogP contribution is -2.08. The van der Waals surface area contributed by atoms with Crippen LogP contribution < -0.4 is 5.73 Å². The average Bonchev–Trinajstić information content (AvgIpc) is 2.18. The minimum Gasteiger partial charge on any atom is -0.481 e.